The SMILES string of the molecule is CCc1ccc(NCC(O)c2cccc(C)c2)cc1. The van der Waals surface area contributed by atoms with E-state index in [0.717, 1.165) is 17.7 Å². The van der Waals surface area contributed by atoms with E-state index in [0.29, 0.717) is 6.54 Å². The van der Waals surface area contributed by atoms with E-state index in [4.69, 9.17) is 0 Å². The number of aliphatic hydroxyl groups excluding tert-OH is 1. The summed E-state index contributed by atoms with van der Waals surface area (Å²) in [6.45, 7) is 4.70. The number of benzene rings is 2. The standard InChI is InChI=1S/C17H21NO/c1-3-14-7-9-16(10-8-14)18-12-17(19)15-6-4-5-13(2)11-15/h4-11,17-19H,3,12H2,1-2H3. The second-order valence-corrected chi connectivity index (χ2v) is 4.86. The van der Waals surface area contributed by atoms with Gasteiger partial charge in [-0.05, 0) is 36.6 Å². The smallest absolute Gasteiger partial charge is 0.0962 e. The Morgan fingerprint density at radius 2 is 1.84 bits per heavy atom. The molecule has 0 radical (unpaired) electrons. The van der Waals surface area contributed by atoms with E-state index >= 15 is 0 Å². The van der Waals surface area contributed by atoms with Crippen LogP contribution in [0.1, 0.15) is 29.7 Å². The molecule has 2 aromatic rings. The zero-order valence-corrected chi connectivity index (χ0v) is 11.6. The molecule has 0 aliphatic carbocycles. The summed E-state index contributed by atoms with van der Waals surface area (Å²) in [5.74, 6) is 0. The predicted octanol–water partition coefficient (Wildman–Crippen LogP) is 3.70. The van der Waals surface area contributed by atoms with E-state index in [1.54, 1.807) is 0 Å². The minimum atomic E-state index is -0.481. The number of nitrogens with one attached hydrogen (secondary N) is 1. The molecule has 0 spiro atoms. The lowest BCUT2D eigenvalue weighted by Gasteiger charge is -2.14. The first-order chi connectivity index (χ1) is 9.19. The first-order valence-electron chi connectivity index (χ1n) is 6.76. The maximum absolute atomic E-state index is 10.1. The fourth-order valence-corrected chi connectivity index (χ4v) is 2.07. The van der Waals surface area contributed by atoms with E-state index in [1.807, 2.05) is 31.2 Å². The number of aryl methyl sites for hydroxylation is 2. The van der Waals surface area contributed by atoms with Crippen molar-refractivity contribution in [3.05, 3.63) is 65.2 Å². The van der Waals surface area contributed by atoms with Gasteiger partial charge >= 0.3 is 0 Å². The molecule has 0 fully saturated rings. The van der Waals surface area contributed by atoms with Gasteiger partial charge in [0.2, 0.25) is 0 Å². The van der Waals surface area contributed by atoms with Crippen LogP contribution in [0.3, 0.4) is 0 Å². The summed E-state index contributed by atoms with van der Waals surface area (Å²) >= 11 is 0. The van der Waals surface area contributed by atoms with Crippen molar-refractivity contribution in [2.75, 3.05) is 11.9 Å². The van der Waals surface area contributed by atoms with Crippen LogP contribution < -0.4 is 5.32 Å². The largest absolute Gasteiger partial charge is 0.387 e. The van der Waals surface area contributed by atoms with Gasteiger partial charge in [0, 0.05) is 12.2 Å². The van der Waals surface area contributed by atoms with Gasteiger partial charge in [-0.2, -0.15) is 0 Å². The number of hydrogen-bond acceptors (Lipinski definition) is 2. The van der Waals surface area contributed by atoms with E-state index in [1.165, 1.54) is 11.1 Å². The number of anilines is 1. The van der Waals surface area contributed by atoms with Gasteiger partial charge < -0.3 is 10.4 Å². The lowest BCUT2D eigenvalue weighted by Crippen LogP contribution is -2.12. The Hall–Kier alpha value is -1.80. The topological polar surface area (TPSA) is 32.3 Å². The maximum atomic E-state index is 10.1. The van der Waals surface area contributed by atoms with Crippen molar-refractivity contribution in [1.82, 2.24) is 0 Å². The van der Waals surface area contributed by atoms with Crippen molar-refractivity contribution in [3.8, 4) is 0 Å². The van der Waals surface area contributed by atoms with Crippen molar-refractivity contribution < 1.29 is 5.11 Å². The van der Waals surface area contributed by atoms with Crippen LogP contribution in [0.25, 0.3) is 0 Å². The molecule has 0 aliphatic heterocycles. The molecule has 0 heterocycles. The minimum Gasteiger partial charge on any atom is -0.387 e. The molecule has 100 valence electrons. The summed E-state index contributed by atoms with van der Waals surface area (Å²) in [7, 11) is 0. The molecule has 2 heteroatoms. The monoisotopic (exact) mass is 255 g/mol. The summed E-state index contributed by atoms with van der Waals surface area (Å²) in [4.78, 5) is 0. The van der Waals surface area contributed by atoms with Crippen LogP contribution in [0.4, 0.5) is 5.69 Å². The van der Waals surface area contributed by atoms with Crippen molar-refractivity contribution >= 4 is 5.69 Å². The average molecular weight is 255 g/mol. The van der Waals surface area contributed by atoms with E-state index in [2.05, 4.69) is 36.5 Å². The van der Waals surface area contributed by atoms with Crippen LogP contribution in [0.15, 0.2) is 48.5 Å². The molecule has 19 heavy (non-hydrogen) atoms. The zero-order chi connectivity index (χ0) is 13.7. The molecule has 0 bridgehead atoms. The molecule has 2 rings (SSSR count). The van der Waals surface area contributed by atoms with Crippen molar-refractivity contribution in [3.63, 3.8) is 0 Å². The molecule has 2 aromatic carbocycles. The lowest BCUT2D eigenvalue weighted by molar-refractivity contribution is 0.191. The maximum Gasteiger partial charge on any atom is 0.0962 e. The fourth-order valence-electron chi connectivity index (χ4n) is 2.07. The molecule has 1 unspecified atom stereocenters. The summed E-state index contributed by atoms with van der Waals surface area (Å²) in [5, 5.41) is 13.4. The molecule has 1 atom stereocenters. The Bertz CT molecular complexity index is 519. The molecular weight excluding hydrogens is 234 g/mol. The molecule has 2 N–H and O–H groups in total. The quantitative estimate of drug-likeness (QED) is 0.853. The van der Waals surface area contributed by atoms with E-state index in [9.17, 15) is 5.11 Å². The van der Waals surface area contributed by atoms with Crippen LogP contribution in [-0.4, -0.2) is 11.7 Å². The Morgan fingerprint density at radius 1 is 1.11 bits per heavy atom. The fraction of sp³-hybridized carbons (Fsp3) is 0.294. The minimum absolute atomic E-state index is 0.481. The highest BCUT2D eigenvalue weighted by Gasteiger charge is 2.06. The van der Waals surface area contributed by atoms with Gasteiger partial charge in [-0.3, -0.25) is 0 Å². The Balaban J connectivity index is 1.94. The summed E-state index contributed by atoms with van der Waals surface area (Å²) in [6, 6.07) is 16.3. The van der Waals surface area contributed by atoms with Crippen LogP contribution in [0.2, 0.25) is 0 Å². The Morgan fingerprint density at radius 3 is 2.47 bits per heavy atom. The third-order valence-corrected chi connectivity index (χ3v) is 3.29. The summed E-state index contributed by atoms with van der Waals surface area (Å²) < 4.78 is 0. The lowest BCUT2D eigenvalue weighted by atomic mass is 10.1. The normalized spacial score (nSPS) is 12.2. The number of aliphatic hydroxyl groups is 1. The first-order valence-corrected chi connectivity index (χ1v) is 6.76. The highest BCUT2D eigenvalue weighted by molar-refractivity contribution is 5.45. The van der Waals surface area contributed by atoms with Crippen LogP contribution in [0, 0.1) is 6.92 Å². The van der Waals surface area contributed by atoms with Crippen molar-refractivity contribution in [2.24, 2.45) is 0 Å². The Labute approximate surface area is 115 Å². The molecule has 0 saturated heterocycles. The van der Waals surface area contributed by atoms with Gasteiger partial charge in [-0.25, -0.2) is 0 Å². The second kappa shape index (κ2) is 6.39. The van der Waals surface area contributed by atoms with Gasteiger partial charge in [-0.15, -0.1) is 0 Å². The first kappa shape index (κ1) is 13.6. The van der Waals surface area contributed by atoms with E-state index in [-0.39, 0.29) is 0 Å². The number of rotatable bonds is 5. The second-order valence-electron chi connectivity index (χ2n) is 4.86. The average Bonchev–Trinajstić information content (AvgIpc) is 2.45. The predicted molar refractivity (Wildman–Crippen MR) is 80.4 cm³/mol. The summed E-state index contributed by atoms with van der Waals surface area (Å²) in [6.07, 6.45) is 0.567. The zero-order valence-electron chi connectivity index (χ0n) is 11.6. The molecule has 0 aliphatic rings. The number of hydrogen-bond donors (Lipinski definition) is 2. The van der Waals surface area contributed by atoms with E-state index < -0.39 is 6.10 Å². The third-order valence-electron chi connectivity index (χ3n) is 3.29. The highest BCUT2D eigenvalue weighted by atomic mass is 16.3. The molecule has 0 saturated carbocycles. The highest BCUT2D eigenvalue weighted by Crippen LogP contribution is 2.16. The molecular formula is C17H21NO. The van der Waals surface area contributed by atoms with Crippen LogP contribution in [0.5, 0.6) is 0 Å². The Kier molecular flexibility index (Phi) is 4.58. The van der Waals surface area contributed by atoms with Gasteiger partial charge in [-0.1, -0.05) is 48.9 Å². The molecule has 0 aromatic heterocycles. The van der Waals surface area contributed by atoms with Gasteiger partial charge in [0.1, 0.15) is 0 Å². The van der Waals surface area contributed by atoms with Crippen LogP contribution >= 0.6 is 0 Å². The van der Waals surface area contributed by atoms with Gasteiger partial charge in [0.05, 0.1) is 6.10 Å². The summed E-state index contributed by atoms with van der Waals surface area (Å²) in [5.41, 5.74) is 4.50. The molecule has 2 nitrogen and oxygen atoms in total. The van der Waals surface area contributed by atoms with Gasteiger partial charge in [0.25, 0.3) is 0 Å². The van der Waals surface area contributed by atoms with Crippen LogP contribution in [-0.2, 0) is 6.42 Å². The van der Waals surface area contributed by atoms with Crippen molar-refractivity contribution in [2.45, 2.75) is 26.4 Å². The molecule has 0 amide bonds. The van der Waals surface area contributed by atoms with Gasteiger partial charge in [0.15, 0.2) is 0 Å². The third kappa shape index (κ3) is 3.83. The van der Waals surface area contributed by atoms with Crippen molar-refractivity contribution in [1.29, 1.82) is 0 Å².